The van der Waals surface area contributed by atoms with Crippen LogP contribution in [0, 0.1) is 0 Å². The molecule has 0 aliphatic rings. The van der Waals surface area contributed by atoms with E-state index in [0.29, 0.717) is 80.4 Å². The number of rotatable bonds is 8. The number of aryl methyl sites for hydroxylation is 8. The van der Waals surface area contributed by atoms with E-state index in [1.165, 1.54) is 37.6 Å². The minimum absolute atomic E-state index is 0.620. The zero-order valence-corrected chi connectivity index (χ0v) is 82.1. The summed E-state index contributed by atoms with van der Waals surface area (Å²) in [5, 5.41) is 76.4. The molecule has 16 nitrogen and oxygen atoms in total. The second-order valence-corrected chi connectivity index (χ2v) is 36.7. The standard InChI is InChI=1S/8C9H8Cl2NS.4BFO2/c8*1-2-12-5-13-9-4-7(11)6(10)3-8(9)12;4*2-1(3)4/h8*3-5H,2H2,1H3;;;;/q8*+1;4*-2. The van der Waals surface area contributed by atoms with Gasteiger partial charge in [-0.25, -0.2) is 0 Å². The molecule has 0 atom stereocenters. The van der Waals surface area contributed by atoms with Crippen molar-refractivity contribution in [3.05, 3.63) is 222 Å². The number of nitrogens with zero attached hydrogens (tertiary/aromatic N) is 8. The Morgan fingerprint density at radius 1 is 0.192 bits per heavy atom. The summed E-state index contributed by atoms with van der Waals surface area (Å²) in [6, 6.07) is 30.6. The molecule has 48 heteroatoms. The molecular formula is C72H64B4Cl16F4N8O8S8. The summed E-state index contributed by atoms with van der Waals surface area (Å²) in [5.74, 6) is 0. The first kappa shape index (κ1) is 108. The molecule has 640 valence electrons. The van der Waals surface area contributed by atoms with E-state index < -0.39 is 29.6 Å². The van der Waals surface area contributed by atoms with Crippen LogP contribution >= 0.6 is 276 Å². The van der Waals surface area contributed by atoms with Crippen molar-refractivity contribution in [2.45, 2.75) is 108 Å². The third-order valence-corrected chi connectivity index (χ3v) is 29.0. The van der Waals surface area contributed by atoms with Crippen molar-refractivity contribution in [2.24, 2.45) is 0 Å². The van der Waals surface area contributed by atoms with Gasteiger partial charge in [-0.1, -0.05) is 276 Å². The highest BCUT2D eigenvalue weighted by Crippen LogP contribution is 2.36. The summed E-state index contributed by atoms with van der Waals surface area (Å²) in [6.07, 6.45) is 0. The number of benzene rings is 8. The normalized spacial score (nSPS) is 10.4. The van der Waals surface area contributed by atoms with Crippen molar-refractivity contribution in [1.82, 2.24) is 0 Å². The Labute approximate surface area is 801 Å². The van der Waals surface area contributed by atoms with Crippen molar-refractivity contribution in [3.63, 3.8) is 0 Å². The molecule has 8 aromatic heterocycles. The Balaban J connectivity index is 0.000000238. The van der Waals surface area contributed by atoms with Crippen molar-refractivity contribution in [2.75, 3.05) is 0 Å². The first-order chi connectivity index (χ1) is 56.7. The molecule has 8 aromatic carbocycles. The lowest BCUT2D eigenvalue weighted by Gasteiger charge is -2.09. The Morgan fingerprint density at radius 2 is 0.267 bits per heavy atom. The van der Waals surface area contributed by atoms with Crippen LogP contribution in [0.5, 0.6) is 0 Å². The highest BCUT2D eigenvalue weighted by Gasteiger charge is 2.20. The molecule has 0 radical (unpaired) electrons. The van der Waals surface area contributed by atoms with Crippen LogP contribution in [0.3, 0.4) is 0 Å². The van der Waals surface area contributed by atoms with Crippen molar-refractivity contribution in [1.29, 1.82) is 0 Å². The molecule has 16 aromatic rings. The van der Waals surface area contributed by atoms with Gasteiger partial charge >= 0.3 is 0 Å². The van der Waals surface area contributed by atoms with E-state index in [4.69, 9.17) is 226 Å². The van der Waals surface area contributed by atoms with E-state index >= 15 is 0 Å². The van der Waals surface area contributed by atoms with Crippen molar-refractivity contribution >= 4 is 388 Å². The number of aromatic nitrogens is 8. The number of halogens is 20. The number of hydrogen-bond acceptors (Lipinski definition) is 16. The van der Waals surface area contributed by atoms with Crippen LogP contribution in [0.4, 0.5) is 17.3 Å². The number of thiazole rings is 8. The minimum atomic E-state index is -3.17. The van der Waals surface area contributed by atoms with Crippen molar-refractivity contribution < 1.29 is 94.0 Å². The van der Waals surface area contributed by atoms with E-state index in [9.17, 15) is 17.3 Å². The molecule has 0 aliphatic heterocycles. The van der Waals surface area contributed by atoms with E-state index in [1.54, 1.807) is 90.7 Å². The summed E-state index contributed by atoms with van der Waals surface area (Å²) in [7, 11) is -12.7. The maximum absolute atomic E-state index is 9.89. The van der Waals surface area contributed by atoms with Gasteiger partial charge in [-0.05, 0) is 104 Å². The van der Waals surface area contributed by atoms with Gasteiger partial charge in [-0.2, -0.15) is 36.5 Å². The third-order valence-electron chi connectivity index (χ3n) is 15.7. The average Bonchev–Trinajstić information content (AvgIpc) is 1.72. The first-order valence-corrected chi connectivity index (χ1v) is 47.7. The smallest absolute Gasteiger partial charge is 0.225 e. The van der Waals surface area contributed by atoms with Gasteiger partial charge in [0, 0.05) is 48.5 Å². The predicted molar refractivity (Wildman–Crippen MR) is 489 cm³/mol. The summed E-state index contributed by atoms with van der Waals surface area (Å²) in [6.45, 7) is 24.5. The maximum Gasteiger partial charge on any atom is 0.225 e. The van der Waals surface area contributed by atoms with Crippen molar-refractivity contribution in [3.8, 4) is 0 Å². The van der Waals surface area contributed by atoms with Gasteiger partial charge in [0.1, 0.15) is 120 Å². The molecule has 0 amide bonds. The lowest BCUT2D eigenvalue weighted by atomic mass is 10.3. The first-order valence-electron chi connectivity index (χ1n) is 34.6. The Hall–Kier alpha value is -2.82. The molecule has 0 saturated heterocycles. The van der Waals surface area contributed by atoms with Crippen LogP contribution < -0.4 is 76.7 Å². The highest BCUT2D eigenvalue weighted by atomic mass is 35.5. The maximum atomic E-state index is 9.89. The summed E-state index contributed by atoms with van der Waals surface area (Å²) >= 11 is 108. The van der Waals surface area contributed by atoms with E-state index in [2.05, 4.69) is 136 Å². The van der Waals surface area contributed by atoms with Crippen LogP contribution in [-0.4, -0.2) is 29.6 Å². The molecule has 8 heterocycles. The Morgan fingerprint density at radius 3 is 0.342 bits per heavy atom. The summed E-state index contributed by atoms with van der Waals surface area (Å²) < 4.78 is 66.2. The quantitative estimate of drug-likeness (QED) is 0.0808. The highest BCUT2D eigenvalue weighted by molar-refractivity contribution is 7.18. The zero-order valence-electron chi connectivity index (χ0n) is 63.5. The SMILES string of the molecule is CC[n+]1csc2cc(Cl)c(Cl)cc21.CC[n+]1csc2cc(Cl)c(Cl)cc21.CC[n+]1csc2cc(Cl)c(Cl)cc21.CC[n+]1csc2cc(Cl)c(Cl)cc21.CC[n+]1csc2cc(Cl)c(Cl)cc21.CC[n+]1csc2cc(Cl)c(Cl)cc21.CC[n+]1csc2cc(Cl)c(Cl)cc21.CC[n+]1csc2cc(Cl)c(Cl)cc21.[O-]B([O-])F.[O-]B([O-])F.[O-]B([O-])F.[O-]B([O-])F. The van der Waals surface area contributed by atoms with Gasteiger partial charge in [0.15, 0.2) is 0 Å². The summed E-state index contributed by atoms with van der Waals surface area (Å²) in [5.41, 5.74) is 25.9. The van der Waals surface area contributed by atoms with Gasteiger partial charge in [0.25, 0.3) is 0 Å². The van der Waals surface area contributed by atoms with Gasteiger partial charge in [0.05, 0.1) is 80.4 Å². The van der Waals surface area contributed by atoms with Crippen LogP contribution in [0.2, 0.25) is 80.4 Å². The average molecular weight is 2110 g/mol. The molecule has 0 N–H and O–H groups in total. The van der Waals surface area contributed by atoms with Gasteiger partial charge in [0.2, 0.25) is 88.2 Å². The van der Waals surface area contributed by atoms with E-state index in [-0.39, 0.29) is 0 Å². The van der Waals surface area contributed by atoms with Gasteiger partial charge in [-0.3, -0.25) is 0 Å². The van der Waals surface area contributed by atoms with Crippen LogP contribution in [0.25, 0.3) is 81.7 Å². The molecule has 0 saturated carbocycles. The van der Waals surface area contributed by atoms with Crippen LogP contribution in [-0.2, 0) is 52.4 Å². The third kappa shape index (κ3) is 33.0. The minimum Gasteiger partial charge on any atom is -0.867 e. The molecule has 0 aliphatic carbocycles. The number of fused-ring (bicyclic) bond motifs is 8. The fraction of sp³-hybridized carbons (Fsp3) is 0.222. The van der Waals surface area contributed by atoms with Gasteiger partial charge in [-0.15, -0.1) is 0 Å². The van der Waals surface area contributed by atoms with Crippen LogP contribution in [0.15, 0.2) is 141 Å². The topological polar surface area (TPSA) is 216 Å². The monoisotopic (exact) mass is 2100 g/mol. The predicted octanol–water partition coefficient (Wildman–Crippen LogP) is 18.8. The summed E-state index contributed by atoms with van der Waals surface area (Å²) in [4.78, 5) is 0. The fourth-order valence-corrected chi connectivity index (χ4v) is 21.1. The van der Waals surface area contributed by atoms with E-state index in [0.717, 1.165) is 96.5 Å². The lowest BCUT2D eigenvalue weighted by molar-refractivity contribution is -0.663. The molecule has 0 bridgehead atoms. The second kappa shape index (κ2) is 53.9. The molecule has 0 spiro atoms. The molecule has 0 fully saturated rings. The molecule has 120 heavy (non-hydrogen) atoms. The lowest BCUT2D eigenvalue weighted by Crippen LogP contribution is -2.39. The Bertz CT molecular complexity index is 4920. The molecule has 16 rings (SSSR count). The second-order valence-electron chi connectivity index (χ2n) is 23.0. The number of hydrogen-bond donors (Lipinski definition) is 0. The zero-order chi connectivity index (χ0) is 89.7. The Kier molecular flexibility index (Phi) is 48.3. The largest absolute Gasteiger partial charge is 0.867 e. The molecule has 0 unspecified atom stereocenters. The van der Waals surface area contributed by atoms with Crippen LogP contribution in [0.1, 0.15) is 55.4 Å². The fourth-order valence-electron chi connectivity index (χ4n) is 10.1. The van der Waals surface area contributed by atoms with E-state index in [1.807, 2.05) is 97.1 Å². The molecular weight excluding hydrogens is 2050 g/mol. The van der Waals surface area contributed by atoms with Gasteiger partial charge < -0.3 is 57.5 Å².